The van der Waals surface area contributed by atoms with Gasteiger partial charge in [-0.1, -0.05) is 5.92 Å². The third-order valence-electron chi connectivity index (χ3n) is 4.55. The number of aromatic nitrogens is 3. The van der Waals surface area contributed by atoms with Gasteiger partial charge >= 0.3 is 0 Å². The predicted octanol–water partition coefficient (Wildman–Crippen LogP) is 2.96. The van der Waals surface area contributed by atoms with Gasteiger partial charge in [0.2, 0.25) is 0 Å². The normalized spacial score (nSPS) is 18.4. The predicted molar refractivity (Wildman–Crippen MR) is 100 cm³/mol. The number of nitrogens with zero attached hydrogens (tertiary/aromatic N) is 6. The second kappa shape index (κ2) is 6.85. The minimum atomic E-state index is 0.108. The molecule has 2 aromatic rings. The van der Waals surface area contributed by atoms with Gasteiger partial charge < -0.3 is 9.47 Å². The van der Waals surface area contributed by atoms with Crippen LogP contribution in [0.15, 0.2) is 35.7 Å². The molecule has 26 heavy (non-hydrogen) atoms. The Morgan fingerprint density at radius 3 is 2.92 bits per heavy atom. The molecule has 0 saturated heterocycles. The summed E-state index contributed by atoms with van der Waals surface area (Å²) < 4.78 is 2.07. The Kier molecular flexibility index (Phi) is 4.25. The molecule has 2 aliphatic heterocycles. The molecular formula is C20H18N6. The van der Waals surface area contributed by atoms with Gasteiger partial charge in [-0.25, -0.2) is 9.97 Å². The molecule has 0 bridgehead atoms. The molecule has 6 heteroatoms. The van der Waals surface area contributed by atoms with E-state index in [2.05, 4.69) is 50.4 Å². The second-order valence-corrected chi connectivity index (χ2v) is 6.39. The van der Waals surface area contributed by atoms with Crippen LogP contribution in [0.4, 0.5) is 5.82 Å². The maximum atomic E-state index is 9.22. The molecule has 0 N–H and O–H groups in total. The average Bonchev–Trinajstić information content (AvgIpc) is 3.08. The minimum Gasteiger partial charge on any atom is -0.323 e. The van der Waals surface area contributed by atoms with Crippen LogP contribution in [0, 0.1) is 23.2 Å². The number of hydrogen-bond acceptors (Lipinski definition) is 5. The average molecular weight is 342 g/mol. The molecule has 1 atom stereocenters. The second-order valence-electron chi connectivity index (χ2n) is 6.39. The van der Waals surface area contributed by atoms with Gasteiger partial charge in [-0.2, -0.15) is 5.26 Å². The topological polar surface area (TPSA) is 70.1 Å². The number of hydrogen-bond donors (Lipinski definition) is 0. The lowest BCUT2D eigenvalue weighted by molar-refractivity contribution is 0.664. The molecule has 0 radical (unpaired) electrons. The van der Waals surface area contributed by atoms with Gasteiger partial charge in [0, 0.05) is 36.2 Å². The molecule has 128 valence electrons. The van der Waals surface area contributed by atoms with Crippen molar-refractivity contribution in [3.63, 3.8) is 0 Å². The fraction of sp³-hybridized carbons (Fsp3) is 0.300. The highest BCUT2D eigenvalue weighted by atomic mass is 15.2. The SMILES string of the molecule is CC1=NC(C#Cc2ccc3n2C=CN(c2nccnc2C#N)C3)CCC1. The van der Waals surface area contributed by atoms with Crippen molar-refractivity contribution in [3.05, 3.63) is 47.8 Å². The van der Waals surface area contributed by atoms with Gasteiger partial charge in [-0.3, -0.25) is 4.99 Å². The highest BCUT2D eigenvalue weighted by Gasteiger charge is 2.18. The summed E-state index contributed by atoms with van der Waals surface area (Å²) in [6.07, 6.45) is 10.3. The first-order chi connectivity index (χ1) is 12.7. The van der Waals surface area contributed by atoms with Gasteiger partial charge in [0.1, 0.15) is 12.1 Å². The van der Waals surface area contributed by atoms with E-state index >= 15 is 0 Å². The molecule has 0 aromatic carbocycles. The highest BCUT2D eigenvalue weighted by molar-refractivity contribution is 5.82. The summed E-state index contributed by atoms with van der Waals surface area (Å²) in [5.74, 6) is 7.14. The molecule has 0 spiro atoms. The van der Waals surface area contributed by atoms with E-state index in [1.807, 2.05) is 23.4 Å². The van der Waals surface area contributed by atoms with Crippen LogP contribution in [-0.4, -0.2) is 26.3 Å². The lowest BCUT2D eigenvalue weighted by Crippen LogP contribution is -2.23. The molecule has 0 fully saturated rings. The van der Waals surface area contributed by atoms with Crippen LogP contribution >= 0.6 is 0 Å². The zero-order valence-electron chi connectivity index (χ0n) is 14.6. The molecule has 2 aliphatic rings. The zero-order valence-corrected chi connectivity index (χ0v) is 14.6. The Bertz CT molecular complexity index is 995. The Morgan fingerprint density at radius 2 is 2.08 bits per heavy atom. The van der Waals surface area contributed by atoms with Crippen LogP contribution in [0.5, 0.6) is 0 Å². The lowest BCUT2D eigenvalue weighted by Gasteiger charge is -2.24. The van der Waals surface area contributed by atoms with E-state index in [1.54, 1.807) is 6.20 Å². The number of anilines is 1. The maximum absolute atomic E-state index is 9.22. The van der Waals surface area contributed by atoms with Gasteiger partial charge in [0.25, 0.3) is 0 Å². The molecule has 0 saturated carbocycles. The van der Waals surface area contributed by atoms with Gasteiger partial charge in [-0.15, -0.1) is 0 Å². The standard InChI is InChI=1S/C20H18N6/c1-15-3-2-4-16(24-15)5-6-17-7-8-18-14-25(11-12-26(17)18)20-19(13-21)22-9-10-23-20/h7-12,16H,2-4,14H2,1H3. The number of rotatable bonds is 1. The first-order valence-electron chi connectivity index (χ1n) is 8.65. The summed E-state index contributed by atoms with van der Waals surface area (Å²) >= 11 is 0. The Morgan fingerprint density at radius 1 is 1.19 bits per heavy atom. The number of fused-ring (bicyclic) bond motifs is 1. The monoisotopic (exact) mass is 342 g/mol. The summed E-state index contributed by atoms with van der Waals surface area (Å²) in [6.45, 7) is 2.69. The summed E-state index contributed by atoms with van der Waals surface area (Å²) in [4.78, 5) is 14.9. The van der Waals surface area contributed by atoms with Crippen molar-refractivity contribution in [1.29, 1.82) is 5.26 Å². The smallest absolute Gasteiger partial charge is 0.183 e. The highest BCUT2D eigenvalue weighted by Crippen LogP contribution is 2.23. The van der Waals surface area contributed by atoms with Crippen molar-refractivity contribution in [1.82, 2.24) is 14.5 Å². The summed E-state index contributed by atoms with van der Waals surface area (Å²) in [5.41, 5.74) is 3.56. The molecule has 4 rings (SSSR count). The van der Waals surface area contributed by atoms with Gasteiger partial charge in [-0.05, 0) is 44.2 Å². The van der Waals surface area contributed by atoms with E-state index in [0.717, 1.165) is 30.7 Å². The van der Waals surface area contributed by atoms with E-state index in [9.17, 15) is 5.26 Å². The molecule has 2 aromatic heterocycles. The van der Waals surface area contributed by atoms with Crippen LogP contribution in [0.3, 0.4) is 0 Å². The third-order valence-corrected chi connectivity index (χ3v) is 4.55. The zero-order chi connectivity index (χ0) is 17.9. The van der Waals surface area contributed by atoms with Crippen LogP contribution in [0.25, 0.3) is 6.20 Å². The van der Waals surface area contributed by atoms with Crippen LogP contribution in [0.1, 0.15) is 43.3 Å². The molecule has 1 unspecified atom stereocenters. The van der Waals surface area contributed by atoms with E-state index in [0.29, 0.717) is 18.1 Å². The maximum Gasteiger partial charge on any atom is 0.183 e. The lowest BCUT2D eigenvalue weighted by atomic mass is 10.0. The number of nitriles is 1. The molecule has 0 aliphatic carbocycles. The largest absolute Gasteiger partial charge is 0.323 e. The fourth-order valence-electron chi connectivity index (χ4n) is 3.24. The fourth-order valence-corrected chi connectivity index (χ4v) is 3.24. The first kappa shape index (κ1) is 16.1. The first-order valence-corrected chi connectivity index (χ1v) is 8.65. The van der Waals surface area contributed by atoms with Crippen molar-refractivity contribution in [2.45, 2.75) is 38.8 Å². The minimum absolute atomic E-state index is 0.108. The van der Waals surface area contributed by atoms with Crippen molar-refractivity contribution >= 4 is 17.7 Å². The third kappa shape index (κ3) is 3.10. The summed E-state index contributed by atoms with van der Waals surface area (Å²) in [5, 5.41) is 9.22. The van der Waals surface area contributed by atoms with Crippen molar-refractivity contribution in [2.75, 3.05) is 4.90 Å². The van der Waals surface area contributed by atoms with Gasteiger partial charge in [0.15, 0.2) is 11.5 Å². The molecule has 0 amide bonds. The summed E-state index contributed by atoms with van der Waals surface area (Å²) in [6, 6.07) is 6.28. The van der Waals surface area contributed by atoms with Crippen LogP contribution < -0.4 is 4.90 Å². The van der Waals surface area contributed by atoms with E-state index in [4.69, 9.17) is 0 Å². The Labute approximate surface area is 152 Å². The van der Waals surface area contributed by atoms with E-state index < -0.39 is 0 Å². The Hall–Kier alpha value is -3.38. The van der Waals surface area contributed by atoms with Crippen molar-refractivity contribution in [2.24, 2.45) is 4.99 Å². The molecule has 6 nitrogen and oxygen atoms in total. The van der Waals surface area contributed by atoms with Crippen molar-refractivity contribution < 1.29 is 0 Å². The molecule has 4 heterocycles. The number of aliphatic imine (C=N–C) groups is 1. The van der Waals surface area contributed by atoms with Crippen LogP contribution in [0.2, 0.25) is 0 Å². The van der Waals surface area contributed by atoms with Crippen molar-refractivity contribution in [3.8, 4) is 17.9 Å². The quantitative estimate of drug-likeness (QED) is 0.747. The Balaban J connectivity index is 1.58. The molecular weight excluding hydrogens is 324 g/mol. The van der Waals surface area contributed by atoms with E-state index in [1.165, 1.54) is 11.9 Å². The van der Waals surface area contributed by atoms with E-state index in [-0.39, 0.29) is 6.04 Å². The van der Waals surface area contributed by atoms with Gasteiger partial charge in [0.05, 0.1) is 12.2 Å². The van der Waals surface area contributed by atoms with Crippen LogP contribution in [-0.2, 0) is 6.54 Å². The summed E-state index contributed by atoms with van der Waals surface area (Å²) in [7, 11) is 0.